The van der Waals surface area contributed by atoms with Gasteiger partial charge in [0.2, 0.25) is 0 Å². The second-order valence-corrected chi connectivity index (χ2v) is 6.11. The Morgan fingerprint density at radius 1 is 0.893 bits per heavy atom. The summed E-state index contributed by atoms with van der Waals surface area (Å²) in [4.78, 5) is 25.5. The first-order valence-corrected chi connectivity index (χ1v) is 9.28. The van der Waals surface area contributed by atoms with Gasteiger partial charge in [-0.2, -0.15) is 0 Å². The number of carbonyl (C=O) groups is 2. The molecule has 4 heteroatoms. The standard InChI is InChI=1S/C24H22O4/c1-3-27-22-16-19(17-11-7-5-8-12-17)20(23(22)24(26)28-4-2)15-21(25)18-13-9-6-10-14-18/h5-16H,3-4H2,1-2H3/b20-15-. The van der Waals surface area contributed by atoms with Crippen LogP contribution >= 0.6 is 0 Å². The van der Waals surface area contributed by atoms with Crippen LogP contribution in [-0.2, 0) is 14.3 Å². The molecule has 0 amide bonds. The number of rotatable bonds is 7. The van der Waals surface area contributed by atoms with Crippen molar-refractivity contribution in [1.82, 2.24) is 0 Å². The number of benzene rings is 2. The molecule has 28 heavy (non-hydrogen) atoms. The van der Waals surface area contributed by atoms with Gasteiger partial charge < -0.3 is 9.47 Å². The van der Waals surface area contributed by atoms with Crippen LogP contribution in [0.4, 0.5) is 0 Å². The number of hydrogen-bond donors (Lipinski definition) is 0. The highest BCUT2D eigenvalue weighted by atomic mass is 16.5. The molecule has 2 aromatic carbocycles. The molecule has 0 N–H and O–H groups in total. The van der Waals surface area contributed by atoms with E-state index in [1.807, 2.05) is 55.5 Å². The van der Waals surface area contributed by atoms with E-state index >= 15 is 0 Å². The topological polar surface area (TPSA) is 52.6 Å². The van der Waals surface area contributed by atoms with E-state index in [1.165, 1.54) is 6.08 Å². The van der Waals surface area contributed by atoms with Crippen molar-refractivity contribution in [2.24, 2.45) is 0 Å². The van der Waals surface area contributed by atoms with Gasteiger partial charge in [-0.3, -0.25) is 4.79 Å². The second-order valence-electron chi connectivity index (χ2n) is 6.11. The van der Waals surface area contributed by atoms with Gasteiger partial charge >= 0.3 is 5.97 Å². The van der Waals surface area contributed by atoms with Gasteiger partial charge in [-0.25, -0.2) is 4.79 Å². The zero-order chi connectivity index (χ0) is 19.9. The first-order valence-electron chi connectivity index (χ1n) is 9.28. The van der Waals surface area contributed by atoms with E-state index in [2.05, 4.69) is 0 Å². The van der Waals surface area contributed by atoms with Crippen LogP contribution in [0.2, 0.25) is 0 Å². The van der Waals surface area contributed by atoms with Gasteiger partial charge in [0.25, 0.3) is 0 Å². The lowest BCUT2D eigenvalue weighted by atomic mass is 9.94. The van der Waals surface area contributed by atoms with Gasteiger partial charge in [0.05, 0.1) is 13.2 Å². The van der Waals surface area contributed by atoms with Gasteiger partial charge in [-0.15, -0.1) is 0 Å². The molecule has 0 spiro atoms. The maximum atomic E-state index is 12.8. The van der Waals surface area contributed by atoms with Crippen LogP contribution in [0.15, 0.2) is 89.7 Å². The lowest BCUT2D eigenvalue weighted by Gasteiger charge is -2.11. The van der Waals surface area contributed by atoms with Crippen LogP contribution in [-0.4, -0.2) is 25.0 Å². The fraction of sp³-hybridized carbons (Fsp3) is 0.167. The average molecular weight is 374 g/mol. The highest BCUT2D eigenvalue weighted by Gasteiger charge is 2.31. The lowest BCUT2D eigenvalue weighted by Crippen LogP contribution is -2.12. The fourth-order valence-electron chi connectivity index (χ4n) is 3.05. The van der Waals surface area contributed by atoms with E-state index in [-0.39, 0.29) is 18.0 Å². The van der Waals surface area contributed by atoms with Crippen molar-refractivity contribution in [2.45, 2.75) is 13.8 Å². The minimum atomic E-state index is -0.500. The summed E-state index contributed by atoms with van der Waals surface area (Å²) in [6.45, 7) is 4.24. The smallest absolute Gasteiger partial charge is 0.342 e. The van der Waals surface area contributed by atoms with Crippen molar-refractivity contribution in [1.29, 1.82) is 0 Å². The summed E-state index contributed by atoms with van der Waals surface area (Å²) in [5.41, 5.74) is 3.01. The lowest BCUT2D eigenvalue weighted by molar-refractivity contribution is -0.138. The Kier molecular flexibility index (Phi) is 6.22. The summed E-state index contributed by atoms with van der Waals surface area (Å²) >= 11 is 0. The normalized spacial score (nSPS) is 14.8. The van der Waals surface area contributed by atoms with Crippen LogP contribution in [0.5, 0.6) is 0 Å². The molecule has 0 saturated heterocycles. The summed E-state index contributed by atoms with van der Waals surface area (Å²) in [6, 6.07) is 18.6. The number of ether oxygens (including phenoxy) is 2. The van der Waals surface area contributed by atoms with Crippen molar-refractivity contribution >= 4 is 17.3 Å². The van der Waals surface area contributed by atoms with Crippen LogP contribution in [0.1, 0.15) is 29.8 Å². The Hall–Kier alpha value is -3.40. The van der Waals surface area contributed by atoms with Crippen molar-refractivity contribution in [3.63, 3.8) is 0 Å². The predicted octanol–water partition coefficient (Wildman–Crippen LogP) is 4.75. The van der Waals surface area contributed by atoms with E-state index in [9.17, 15) is 9.59 Å². The molecule has 0 fully saturated rings. The number of hydrogen-bond acceptors (Lipinski definition) is 4. The SMILES string of the molecule is CCOC(=O)C1=C(OCC)C=C(c2ccccc2)/C1=C/C(=O)c1ccccc1. The van der Waals surface area contributed by atoms with Crippen molar-refractivity contribution < 1.29 is 19.1 Å². The number of allylic oxidation sites excluding steroid dienone is 3. The fourth-order valence-corrected chi connectivity index (χ4v) is 3.05. The third-order valence-corrected chi connectivity index (χ3v) is 4.28. The van der Waals surface area contributed by atoms with Crippen LogP contribution in [0.25, 0.3) is 5.57 Å². The Morgan fingerprint density at radius 3 is 2.14 bits per heavy atom. The molecule has 4 nitrogen and oxygen atoms in total. The molecule has 0 heterocycles. The molecule has 1 aliphatic rings. The van der Waals surface area contributed by atoms with E-state index in [0.717, 1.165) is 11.1 Å². The third-order valence-electron chi connectivity index (χ3n) is 4.28. The molecule has 142 valence electrons. The maximum Gasteiger partial charge on any atom is 0.342 e. The molecule has 0 aliphatic heterocycles. The minimum Gasteiger partial charge on any atom is -0.493 e. The van der Waals surface area contributed by atoms with Gasteiger partial charge in [-0.05, 0) is 37.1 Å². The molecule has 2 aromatic rings. The summed E-state index contributed by atoms with van der Waals surface area (Å²) in [6.07, 6.45) is 3.29. The van der Waals surface area contributed by atoms with E-state index in [0.29, 0.717) is 23.5 Å². The van der Waals surface area contributed by atoms with Gasteiger partial charge in [0, 0.05) is 11.1 Å². The number of ketones is 1. The molecule has 0 saturated carbocycles. The van der Waals surface area contributed by atoms with E-state index in [1.54, 1.807) is 25.1 Å². The summed E-state index contributed by atoms with van der Waals surface area (Å²) in [5, 5.41) is 0. The first kappa shape index (κ1) is 19.4. The molecular weight excluding hydrogens is 352 g/mol. The van der Waals surface area contributed by atoms with Gasteiger partial charge in [-0.1, -0.05) is 60.7 Å². The molecule has 0 radical (unpaired) electrons. The zero-order valence-corrected chi connectivity index (χ0v) is 16.0. The van der Waals surface area contributed by atoms with Gasteiger partial charge in [0.1, 0.15) is 11.3 Å². The van der Waals surface area contributed by atoms with Gasteiger partial charge in [0.15, 0.2) is 5.78 Å². The van der Waals surface area contributed by atoms with E-state index in [4.69, 9.17) is 9.47 Å². The Morgan fingerprint density at radius 2 is 1.54 bits per heavy atom. The summed E-state index contributed by atoms with van der Waals surface area (Å²) < 4.78 is 10.9. The molecular formula is C24H22O4. The van der Waals surface area contributed by atoms with Crippen LogP contribution < -0.4 is 0 Å². The summed E-state index contributed by atoms with van der Waals surface area (Å²) in [7, 11) is 0. The molecule has 3 rings (SSSR count). The second kappa shape index (κ2) is 9.00. The maximum absolute atomic E-state index is 12.8. The van der Waals surface area contributed by atoms with Crippen molar-refractivity contribution in [3.05, 3.63) is 101 Å². The molecule has 1 aliphatic carbocycles. The Bertz CT molecular complexity index is 951. The first-order chi connectivity index (χ1) is 13.7. The monoisotopic (exact) mass is 374 g/mol. The molecule has 0 atom stereocenters. The third kappa shape index (κ3) is 4.12. The van der Waals surface area contributed by atoms with Crippen LogP contribution in [0, 0.1) is 0 Å². The summed E-state index contributed by atoms with van der Waals surface area (Å²) in [5.74, 6) is -0.260. The predicted molar refractivity (Wildman–Crippen MR) is 109 cm³/mol. The molecule has 0 bridgehead atoms. The number of carbonyl (C=O) groups excluding carboxylic acids is 2. The molecule has 0 unspecified atom stereocenters. The van der Waals surface area contributed by atoms with Crippen molar-refractivity contribution in [3.8, 4) is 0 Å². The minimum absolute atomic E-state index is 0.183. The molecule has 0 aromatic heterocycles. The quantitative estimate of drug-likeness (QED) is 0.399. The van der Waals surface area contributed by atoms with Crippen molar-refractivity contribution in [2.75, 3.05) is 13.2 Å². The van der Waals surface area contributed by atoms with E-state index < -0.39 is 5.97 Å². The van der Waals surface area contributed by atoms with Crippen LogP contribution in [0.3, 0.4) is 0 Å². The Labute approximate surface area is 164 Å². The highest BCUT2D eigenvalue weighted by molar-refractivity contribution is 6.13. The zero-order valence-electron chi connectivity index (χ0n) is 16.0. The number of esters is 1. The largest absolute Gasteiger partial charge is 0.493 e. The highest BCUT2D eigenvalue weighted by Crippen LogP contribution is 2.39. The average Bonchev–Trinajstić information content (AvgIpc) is 3.07. The Balaban J connectivity index is 2.12.